The summed E-state index contributed by atoms with van der Waals surface area (Å²) in [6, 6.07) is 6.17. The summed E-state index contributed by atoms with van der Waals surface area (Å²) in [7, 11) is 0. The molecular weight excluding hydrogens is 234 g/mol. The normalized spacial score (nSPS) is 11.7. The smallest absolute Gasteiger partial charge is 0.413 e. The molecule has 18 heavy (non-hydrogen) atoms. The molecule has 0 heterocycles. The topological polar surface area (TPSA) is 75.6 Å². The fourth-order valence-corrected chi connectivity index (χ4v) is 1.39. The van der Waals surface area contributed by atoms with Crippen LogP contribution in [0.15, 0.2) is 24.3 Å². The summed E-state index contributed by atoms with van der Waals surface area (Å²) in [4.78, 5) is 21.9. The minimum atomic E-state index is -1.11. The first-order valence-corrected chi connectivity index (χ1v) is 5.83. The van der Waals surface area contributed by atoms with E-state index in [0.717, 1.165) is 12.8 Å². The Bertz CT molecular complexity index is 414. The average Bonchev–Trinajstić information content (AvgIpc) is 2.31. The molecule has 0 aromatic heterocycles. The molecule has 1 aromatic rings. The van der Waals surface area contributed by atoms with Crippen LogP contribution in [0.25, 0.3) is 0 Å². The highest BCUT2D eigenvalue weighted by molar-refractivity contribution is 5.80. The van der Waals surface area contributed by atoms with Gasteiger partial charge < -0.3 is 15.2 Å². The molecule has 0 saturated heterocycles. The van der Waals surface area contributed by atoms with Crippen LogP contribution < -0.4 is 10.1 Å². The lowest BCUT2D eigenvalue weighted by molar-refractivity contribution is -0.138. The number of rotatable bonds is 5. The van der Waals surface area contributed by atoms with Gasteiger partial charge in [0.15, 0.2) is 0 Å². The van der Waals surface area contributed by atoms with Crippen molar-refractivity contribution < 1.29 is 19.4 Å². The molecule has 0 fully saturated rings. The molecule has 0 bridgehead atoms. The van der Waals surface area contributed by atoms with Crippen LogP contribution in [-0.4, -0.2) is 23.2 Å². The maximum Gasteiger partial charge on any atom is 0.413 e. The highest BCUT2D eigenvalue weighted by Crippen LogP contribution is 2.13. The molecular formula is C13H17NO4. The Balaban J connectivity index is 2.51. The molecule has 0 aliphatic carbocycles. The van der Waals surface area contributed by atoms with Crippen molar-refractivity contribution in [1.29, 1.82) is 0 Å². The van der Waals surface area contributed by atoms with E-state index < -0.39 is 18.1 Å². The SMILES string of the molecule is CCCc1ccc(OC(=O)NC(C)C(=O)O)cc1. The Labute approximate surface area is 106 Å². The lowest BCUT2D eigenvalue weighted by Crippen LogP contribution is -2.39. The first-order valence-electron chi connectivity index (χ1n) is 5.83. The van der Waals surface area contributed by atoms with E-state index in [1.54, 1.807) is 12.1 Å². The standard InChI is InChI=1S/C13H17NO4/c1-3-4-10-5-7-11(8-6-10)18-13(17)14-9(2)12(15)16/h5-9H,3-4H2,1-2H3,(H,14,17)(H,15,16). The molecule has 0 spiro atoms. The summed E-state index contributed by atoms with van der Waals surface area (Å²) in [5, 5.41) is 10.8. The van der Waals surface area contributed by atoms with Crippen LogP contribution in [0.4, 0.5) is 4.79 Å². The van der Waals surface area contributed by atoms with Crippen LogP contribution in [0, 0.1) is 0 Å². The largest absolute Gasteiger partial charge is 0.480 e. The molecule has 5 heteroatoms. The Morgan fingerprint density at radius 3 is 2.44 bits per heavy atom. The summed E-state index contributed by atoms with van der Waals surface area (Å²) in [6.45, 7) is 3.46. The second kappa shape index (κ2) is 6.64. The zero-order valence-electron chi connectivity index (χ0n) is 10.5. The highest BCUT2D eigenvalue weighted by atomic mass is 16.6. The van der Waals surface area contributed by atoms with Crippen LogP contribution in [-0.2, 0) is 11.2 Å². The summed E-state index contributed by atoms with van der Waals surface area (Å²) < 4.78 is 4.95. The van der Waals surface area contributed by atoms with E-state index in [2.05, 4.69) is 12.2 Å². The van der Waals surface area contributed by atoms with Gasteiger partial charge in [-0.2, -0.15) is 0 Å². The summed E-state index contributed by atoms with van der Waals surface area (Å²) in [6.07, 6.45) is 1.26. The lowest BCUT2D eigenvalue weighted by atomic mass is 10.1. The predicted octanol–water partition coefficient (Wildman–Crippen LogP) is 2.20. The lowest BCUT2D eigenvalue weighted by Gasteiger charge is -2.09. The number of carboxylic acid groups (broad SMARTS) is 1. The van der Waals surface area contributed by atoms with Crippen molar-refractivity contribution >= 4 is 12.1 Å². The minimum Gasteiger partial charge on any atom is -0.480 e. The van der Waals surface area contributed by atoms with Gasteiger partial charge in [-0.3, -0.25) is 4.79 Å². The van der Waals surface area contributed by atoms with Crippen molar-refractivity contribution in [2.24, 2.45) is 0 Å². The zero-order chi connectivity index (χ0) is 13.5. The van der Waals surface area contributed by atoms with Crippen LogP contribution in [0.2, 0.25) is 0 Å². The van der Waals surface area contributed by atoms with E-state index in [4.69, 9.17) is 9.84 Å². The Morgan fingerprint density at radius 1 is 1.33 bits per heavy atom. The predicted molar refractivity (Wildman–Crippen MR) is 66.7 cm³/mol. The molecule has 1 amide bonds. The van der Waals surface area contributed by atoms with E-state index in [-0.39, 0.29) is 0 Å². The third kappa shape index (κ3) is 4.45. The molecule has 0 radical (unpaired) electrons. The van der Waals surface area contributed by atoms with Crippen molar-refractivity contribution in [2.45, 2.75) is 32.7 Å². The number of hydrogen-bond acceptors (Lipinski definition) is 3. The van der Waals surface area contributed by atoms with E-state index in [9.17, 15) is 9.59 Å². The van der Waals surface area contributed by atoms with E-state index in [0.29, 0.717) is 5.75 Å². The van der Waals surface area contributed by atoms with Crippen molar-refractivity contribution in [1.82, 2.24) is 5.32 Å². The third-order valence-corrected chi connectivity index (χ3v) is 2.38. The summed E-state index contributed by atoms with van der Waals surface area (Å²) in [5.74, 6) is -0.713. The molecule has 98 valence electrons. The van der Waals surface area contributed by atoms with Crippen LogP contribution in [0.5, 0.6) is 5.75 Å². The first-order chi connectivity index (χ1) is 8.52. The third-order valence-electron chi connectivity index (χ3n) is 2.38. The van der Waals surface area contributed by atoms with E-state index in [1.165, 1.54) is 12.5 Å². The Hall–Kier alpha value is -2.04. The van der Waals surface area contributed by atoms with Gasteiger partial charge in [0.05, 0.1) is 0 Å². The van der Waals surface area contributed by atoms with Gasteiger partial charge in [-0.05, 0) is 31.0 Å². The van der Waals surface area contributed by atoms with Crippen molar-refractivity contribution in [2.75, 3.05) is 0 Å². The van der Waals surface area contributed by atoms with Gasteiger partial charge in [0.25, 0.3) is 0 Å². The van der Waals surface area contributed by atoms with Crippen molar-refractivity contribution in [3.8, 4) is 5.75 Å². The van der Waals surface area contributed by atoms with E-state index in [1.807, 2.05) is 12.1 Å². The molecule has 1 rings (SSSR count). The summed E-state index contributed by atoms with van der Waals surface area (Å²) >= 11 is 0. The number of nitrogens with one attached hydrogen (secondary N) is 1. The quantitative estimate of drug-likeness (QED) is 0.841. The monoisotopic (exact) mass is 251 g/mol. The van der Waals surface area contributed by atoms with Crippen molar-refractivity contribution in [3.63, 3.8) is 0 Å². The number of aryl methyl sites for hydroxylation is 1. The maximum absolute atomic E-state index is 11.3. The number of carboxylic acids is 1. The fourth-order valence-electron chi connectivity index (χ4n) is 1.39. The van der Waals surface area contributed by atoms with Crippen LogP contribution >= 0.6 is 0 Å². The number of hydrogen-bond donors (Lipinski definition) is 2. The molecule has 0 saturated carbocycles. The highest BCUT2D eigenvalue weighted by Gasteiger charge is 2.15. The van der Waals surface area contributed by atoms with Crippen LogP contribution in [0.1, 0.15) is 25.8 Å². The number of carbonyl (C=O) groups is 2. The number of amides is 1. The number of carbonyl (C=O) groups excluding carboxylic acids is 1. The molecule has 5 nitrogen and oxygen atoms in total. The fraction of sp³-hybridized carbons (Fsp3) is 0.385. The Kier molecular flexibility index (Phi) is 5.17. The molecule has 2 N–H and O–H groups in total. The first kappa shape index (κ1) is 14.0. The molecule has 1 aromatic carbocycles. The van der Waals surface area contributed by atoms with Gasteiger partial charge in [0.2, 0.25) is 0 Å². The van der Waals surface area contributed by atoms with Gasteiger partial charge in [0.1, 0.15) is 11.8 Å². The van der Waals surface area contributed by atoms with Crippen LogP contribution in [0.3, 0.4) is 0 Å². The minimum absolute atomic E-state index is 0.393. The second-order valence-electron chi connectivity index (χ2n) is 3.99. The van der Waals surface area contributed by atoms with Gasteiger partial charge in [-0.15, -0.1) is 0 Å². The van der Waals surface area contributed by atoms with Gasteiger partial charge in [0, 0.05) is 0 Å². The number of ether oxygens (including phenoxy) is 1. The zero-order valence-corrected chi connectivity index (χ0v) is 10.5. The second-order valence-corrected chi connectivity index (χ2v) is 3.99. The molecule has 1 unspecified atom stereocenters. The summed E-state index contributed by atoms with van der Waals surface area (Å²) in [5.41, 5.74) is 1.17. The molecule has 1 atom stereocenters. The Morgan fingerprint density at radius 2 is 1.94 bits per heavy atom. The number of benzene rings is 1. The van der Waals surface area contributed by atoms with Gasteiger partial charge in [-0.25, -0.2) is 4.79 Å². The van der Waals surface area contributed by atoms with E-state index >= 15 is 0 Å². The van der Waals surface area contributed by atoms with Crippen molar-refractivity contribution in [3.05, 3.63) is 29.8 Å². The van der Waals surface area contributed by atoms with Gasteiger partial charge >= 0.3 is 12.1 Å². The molecule has 0 aliphatic rings. The number of aliphatic carboxylic acids is 1. The maximum atomic E-state index is 11.3. The molecule has 0 aliphatic heterocycles. The average molecular weight is 251 g/mol. The van der Waals surface area contributed by atoms with Gasteiger partial charge in [-0.1, -0.05) is 25.5 Å².